The smallest absolute Gasteiger partial charge is 0.358 e. The van der Waals surface area contributed by atoms with Crippen LogP contribution in [0.25, 0.3) is 5.76 Å². The molecule has 0 aromatic heterocycles. The van der Waals surface area contributed by atoms with Gasteiger partial charge < -0.3 is 15.3 Å². The van der Waals surface area contributed by atoms with E-state index in [-0.39, 0.29) is 16.2 Å². The third-order valence-corrected chi connectivity index (χ3v) is 2.38. The molecule has 0 fully saturated rings. The number of nitrogens with zero attached hydrogens (tertiary/aromatic N) is 1. The zero-order valence-corrected chi connectivity index (χ0v) is 8.03. The van der Waals surface area contributed by atoms with Crippen LogP contribution in [-0.4, -0.2) is 31.6 Å². The molecule has 0 saturated heterocycles. The Morgan fingerprint density at radius 2 is 1.94 bits per heavy atom. The van der Waals surface area contributed by atoms with Gasteiger partial charge in [-0.15, -0.1) is 0 Å². The Bertz CT molecular complexity index is 482. The maximum Gasteiger partial charge on any atom is 0.358 e. The van der Waals surface area contributed by atoms with Crippen molar-refractivity contribution in [3.63, 3.8) is 0 Å². The lowest BCUT2D eigenvalue weighted by Gasteiger charge is -2.30. The second-order valence-corrected chi connectivity index (χ2v) is 3.31. The first-order chi connectivity index (χ1) is 7.54. The summed E-state index contributed by atoms with van der Waals surface area (Å²) >= 11 is 0. The van der Waals surface area contributed by atoms with Crippen LogP contribution in [0.5, 0.6) is 0 Å². The van der Waals surface area contributed by atoms with Gasteiger partial charge in [0.2, 0.25) is 0 Å². The summed E-state index contributed by atoms with van der Waals surface area (Å²) in [4.78, 5) is 10.8. The van der Waals surface area contributed by atoms with Gasteiger partial charge in [0.1, 0.15) is 0 Å². The third-order valence-electron chi connectivity index (χ3n) is 2.38. The van der Waals surface area contributed by atoms with Crippen molar-refractivity contribution < 1.29 is 25.3 Å². The predicted molar refractivity (Wildman–Crippen MR) is 52.2 cm³/mol. The van der Waals surface area contributed by atoms with Crippen LogP contribution in [0, 0.1) is 0 Å². The second kappa shape index (κ2) is 3.51. The zero-order valence-electron chi connectivity index (χ0n) is 8.03. The molecule has 84 valence electrons. The molecule has 1 aliphatic rings. The Morgan fingerprint density at radius 3 is 2.56 bits per heavy atom. The monoisotopic (exact) mass is 223 g/mol. The Hall–Kier alpha value is -2.05. The molecule has 1 atom stereocenters. The van der Waals surface area contributed by atoms with Gasteiger partial charge in [0, 0.05) is 11.1 Å². The van der Waals surface area contributed by atoms with Gasteiger partial charge in [0.15, 0.2) is 17.7 Å². The van der Waals surface area contributed by atoms with E-state index in [2.05, 4.69) is 0 Å². The van der Waals surface area contributed by atoms with Crippen molar-refractivity contribution in [2.75, 3.05) is 0 Å². The quantitative estimate of drug-likeness (QED) is 0.559. The van der Waals surface area contributed by atoms with Crippen LogP contribution in [-0.2, 0) is 4.79 Å². The van der Waals surface area contributed by atoms with Gasteiger partial charge in [-0.25, -0.2) is 9.86 Å². The van der Waals surface area contributed by atoms with E-state index in [1.54, 1.807) is 12.1 Å². The maximum atomic E-state index is 10.8. The summed E-state index contributed by atoms with van der Waals surface area (Å²) in [5.74, 6) is -2.09. The number of hydrogen-bond acceptors (Lipinski definition) is 5. The number of carboxylic acids is 1. The Morgan fingerprint density at radius 1 is 1.31 bits per heavy atom. The largest absolute Gasteiger partial charge is 0.505 e. The summed E-state index contributed by atoms with van der Waals surface area (Å²) in [6.45, 7) is 0. The summed E-state index contributed by atoms with van der Waals surface area (Å²) in [5, 5.41) is 37.6. The van der Waals surface area contributed by atoms with Gasteiger partial charge in [-0.2, -0.15) is 0 Å². The van der Waals surface area contributed by atoms with Crippen LogP contribution in [0.2, 0.25) is 0 Å². The predicted octanol–water partition coefficient (Wildman–Crippen LogP) is 0.694. The van der Waals surface area contributed by atoms with Gasteiger partial charge >= 0.3 is 5.97 Å². The number of aliphatic carboxylic acids is 1. The number of hydroxylamine groups is 2. The van der Waals surface area contributed by atoms with Crippen molar-refractivity contribution in [1.29, 1.82) is 0 Å². The summed E-state index contributed by atoms with van der Waals surface area (Å²) in [6, 6.07) is 6.14. The van der Waals surface area contributed by atoms with Crippen LogP contribution in [0.4, 0.5) is 0 Å². The molecule has 0 amide bonds. The van der Waals surface area contributed by atoms with Crippen LogP contribution in [0.15, 0.2) is 30.0 Å². The molecule has 1 unspecified atom stereocenters. The van der Waals surface area contributed by atoms with Crippen molar-refractivity contribution >= 4 is 11.7 Å². The van der Waals surface area contributed by atoms with E-state index in [1.807, 2.05) is 0 Å². The molecule has 0 spiro atoms. The molecular formula is C10H9NO5. The Kier molecular flexibility index (Phi) is 2.30. The molecule has 6 nitrogen and oxygen atoms in total. The summed E-state index contributed by atoms with van der Waals surface area (Å²) in [6.07, 6.45) is -1.50. The molecule has 0 bridgehead atoms. The number of rotatable bonds is 1. The fraction of sp³-hybridized carbons (Fsp3) is 0.100. The standard InChI is InChI=1S/C10H9NO5/c12-8-5-3-1-2-4-6(5)9(13)11(16)7(8)10(14)15/h1-4,9,12-13,16H,(H,14,15). The highest BCUT2D eigenvalue weighted by Gasteiger charge is 2.34. The molecular weight excluding hydrogens is 214 g/mol. The highest BCUT2D eigenvalue weighted by atomic mass is 16.5. The van der Waals surface area contributed by atoms with Crippen molar-refractivity contribution in [3.05, 3.63) is 41.1 Å². The van der Waals surface area contributed by atoms with Crippen molar-refractivity contribution in [2.24, 2.45) is 0 Å². The van der Waals surface area contributed by atoms with E-state index in [1.165, 1.54) is 12.1 Å². The number of carbonyl (C=O) groups is 1. The lowest BCUT2D eigenvalue weighted by molar-refractivity contribution is -0.185. The first kappa shape index (κ1) is 10.5. The third kappa shape index (κ3) is 1.32. The number of fused-ring (bicyclic) bond motifs is 1. The number of benzene rings is 1. The van der Waals surface area contributed by atoms with Gasteiger partial charge in [0.25, 0.3) is 0 Å². The number of aliphatic hydroxyl groups excluding tert-OH is 2. The average molecular weight is 223 g/mol. The van der Waals surface area contributed by atoms with Crippen molar-refractivity contribution in [1.82, 2.24) is 5.06 Å². The second-order valence-electron chi connectivity index (χ2n) is 3.31. The topological polar surface area (TPSA) is 101 Å². The van der Waals surface area contributed by atoms with Crippen LogP contribution < -0.4 is 0 Å². The van der Waals surface area contributed by atoms with Crippen molar-refractivity contribution in [2.45, 2.75) is 6.23 Å². The molecule has 1 aliphatic heterocycles. The molecule has 2 rings (SSSR count). The number of aliphatic hydroxyl groups is 2. The molecule has 0 aliphatic carbocycles. The highest BCUT2D eigenvalue weighted by Crippen LogP contribution is 2.34. The Labute approximate surface area is 90.2 Å². The Balaban J connectivity index is 2.69. The number of hydrogen-bond donors (Lipinski definition) is 4. The summed E-state index contributed by atoms with van der Waals surface area (Å²) in [5.41, 5.74) is -0.309. The zero-order chi connectivity index (χ0) is 11.9. The molecule has 16 heavy (non-hydrogen) atoms. The highest BCUT2D eigenvalue weighted by molar-refractivity contribution is 5.94. The molecule has 6 heteroatoms. The van der Waals surface area contributed by atoms with Gasteiger partial charge in [0.05, 0.1) is 0 Å². The summed E-state index contributed by atoms with van der Waals surface area (Å²) in [7, 11) is 0. The van der Waals surface area contributed by atoms with Crippen LogP contribution >= 0.6 is 0 Å². The fourth-order valence-electron chi connectivity index (χ4n) is 1.63. The van der Waals surface area contributed by atoms with E-state index in [9.17, 15) is 20.2 Å². The average Bonchev–Trinajstić information content (AvgIpc) is 2.26. The van der Waals surface area contributed by atoms with E-state index in [0.29, 0.717) is 0 Å². The van der Waals surface area contributed by atoms with Crippen LogP contribution in [0.3, 0.4) is 0 Å². The van der Waals surface area contributed by atoms with Gasteiger partial charge in [-0.3, -0.25) is 5.21 Å². The lowest BCUT2D eigenvalue weighted by atomic mass is 9.99. The summed E-state index contributed by atoms with van der Waals surface area (Å²) < 4.78 is 0. The molecule has 1 aromatic rings. The molecule has 0 radical (unpaired) electrons. The molecule has 1 heterocycles. The molecule has 0 saturated carbocycles. The number of carboxylic acid groups (broad SMARTS) is 1. The minimum absolute atomic E-state index is 0.125. The molecule has 1 aromatic carbocycles. The minimum atomic E-state index is -1.52. The lowest BCUT2D eigenvalue weighted by Crippen LogP contribution is -2.33. The van der Waals surface area contributed by atoms with E-state index in [0.717, 1.165) is 0 Å². The van der Waals surface area contributed by atoms with Gasteiger partial charge in [-0.05, 0) is 0 Å². The minimum Gasteiger partial charge on any atom is -0.505 e. The van der Waals surface area contributed by atoms with Crippen LogP contribution in [0.1, 0.15) is 17.4 Å². The maximum absolute atomic E-state index is 10.8. The van der Waals surface area contributed by atoms with Crippen molar-refractivity contribution in [3.8, 4) is 0 Å². The first-order valence-electron chi connectivity index (χ1n) is 4.46. The van der Waals surface area contributed by atoms with E-state index >= 15 is 0 Å². The van der Waals surface area contributed by atoms with Gasteiger partial charge in [-0.1, -0.05) is 24.3 Å². The van der Waals surface area contributed by atoms with E-state index in [4.69, 9.17) is 5.11 Å². The first-order valence-corrected chi connectivity index (χ1v) is 4.46. The molecule has 4 N–H and O–H groups in total. The normalized spacial score (nSPS) is 19.6. The fourth-order valence-corrected chi connectivity index (χ4v) is 1.63. The van der Waals surface area contributed by atoms with E-state index < -0.39 is 23.7 Å². The SMILES string of the molecule is O=C(O)C1=C(O)c2ccccc2C(O)N1O.